The van der Waals surface area contributed by atoms with Crippen LogP contribution in [-0.2, 0) is 89.9 Å². The molecule has 0 aliphatic carbocycles. The zero-order chi connectivity index (χ0) is 100. The largest absolute Gasteiger partial charge is 0.496 e. The summed E-state index contributed by atoms with van der Waals surface area (Å²) < 4.78 is 138. The Morgan fingerprint density at radius 2 is 0.329 bits per heavy atom. The molecular formula is C116H140O24. The van der Waals surface area contributed by atoms with Crippen LogP contribution in [0.2, 0.25) is 0 Å². The zero-order valence-electron chi connectivity index (χ0n) is 85.9. The number of methoxy groups -OCH3 is 24. The third-order valence-corrected chi connectivity index (χ3v) is 26.3. The van der Waals surface area contributed by atoms with Gasteiger partial charge in [-0.1, -0.05) is 72.8 Å². The highest BCUT2D eigenvalue weighted by molar-refractivity contribution is 5.59. The molecule has 748 valence electrons. The van der Waals surface area contributed by atoms with Crippen molar-refractivity contribution >= 4 is 0 Å². The van der Waals surface area contributed by atoms with E-state index in [2.05, 4.69) is 121 Å². The molecule has 12 rings (SSSR count). The molecule has 0 N–H and O–H groups in total. The van der Waals surface area contributed by atoms with Gasteiger partial charge in [-0.25, -0.2) is 0 Å². The van der Waals surface area contributed by atoms with Crippen LogP contribution in [0.25, 0.3) is 0 Å². The lowest BCUT2D eigenvalue weighted by Crippen LogP contribution is -2.20. The van der Waals surface area contributed by atoms with Crippen molar-refractivity contribution in [1.29, 1.82) is 0 Å². The summed E-state index contributed by atoms with van der Waals surface area (Å²) in [5.41, 5.74) is 18.0. The summed E-state index contributed by atoms with van der Waals surface area (Å²) in [6.45, 7) is 0. The highest BCUT2D eigenvalue weighted by Gasteiger charge is 2.31. The van der Waals surface area contributed by atoms with E-state index < -0.39 is 0 Å². The fraction of sp³-hybridized carbons (Fsp3) is 0.379. The summed E-state index contributed by atoms with van der Waals surface area (Å²) in [4.78, 5) is 0. The first-order valence-electron chi connectivity index (χ1n) is 46.9. The van der Waals surface area contributed by atoms with Gasteiger partial charge in [0.05, 0.1) is 171 Å². The minimum Gasteiger partial charge on any atom is -0.496 e. The number of hydrogen-bond acceptors (Lipinski definition) is 24. The van der Waals surface area contributed by atoms with Crippen molar-refractivity contribution in [2.45, 2.75) is 115 Å². The molecule has 0 aliphatic rings. The molecule has 24 heteroatoms. The van der Waals surface area contributed by atoms with Crippen LogP contribution in [0.1, 0.15) is 114 Å². The van der Waals surface area contributed by atoms with Crippen molar-refractivity contribution in [3.05, 3.63) is 283 Å². The lowest BCUT2D eigenvalue weighted by molar-refractivity contribution is 0.323. The van der Waals surface area contributed by atoms with Crippen LogP contribution in [0, 0.1) is 11.8 Å². The molecule has 0 radical (unpaired) electrons. The van der Waals surface area contributed by atoms with E-state index >= 15 is 0 Å². The van der Waals surface area contributed by atoms with Crippen LogP contribution in [0.5, 0.6) is 138 Å². The number of rotatable bonds is 54. The maximum atomic E-state index is 6.12. The molecule has 24 nitrogen and oxygen atoms in total. The van der Waals surface area contributed by atoms with Crippen LogP contribution in [0.3, 0.4) is 0 Å². The molecule has 0 aliphatic heterocycles. The van der Waals surface area contributed by atoms with Gasteiger partial charge in [0.25, 0.3) is 0 Å². The van der Waals surface area contributed by atoms with E-state index in [9.17, 15) is 0 Å². The number of ether oxygens (including phenoxy) is 24. The number of aryl methyl sites for hydroxylation is 10. The average Bonchev–Trinajstić information content (AvgIpc) is 0.798. The molecule has 0 saturated carbocycles. The van der Waals surface area contributed by atoms with E-state index in [4.69, 9.17) is 114 Å². The maximum Gasteiger partial charge on any atom is 0.203 e. The van der Waals surface area contributed by atoms with Gasteiger partial charge in [0.2, 0.25) is 23.0 Å². The van der Waals surface area contributed by atoms with Gasteiger partial charge in [-0.05, 0) is 337 Å². The standard InChI is InChI=1S/2C58H70O12/c2*1-59-47-25-18-37(29-51(47)63-5)13-23-44(27-38-14-19-42(49(30-38)61-3)21-16-40-32-53(65-7)57(69-11)54(33-40)66-8)46(45-24-26-48(60-2)52(36-45)64-6)28-39-15-20-43(50(31-39)62-4)22-17-41-34-55(67-9)58(70-12)56(35-41)68-10/h2*14-15,18-20,24-26,29-36,44,46H,13,16-17,21-23,27-28H2,1-12H3/t2*44-,46-/m10/s1. The van der Waals surface area contributed by atoms with Gasteiger partial charge in [-0.15, -0.1) is 0 Å². The lowest BCUT2D eigenvalue weighted by atomic mass is 9.75. The molecule has 0 heterocycles. The number of benzene rings is 12. The van der Waals surface area contributed by atoms with Gasteiger partial charge >= 0.3 is 0 Å². The SMILES string of the molecule is COc1cc(C[C@@H](CCc2ccc(OC)c(OC)c2)[C@@H](Cc2ccc(CCc3cc(OC)c(OC)c(OC)c3)c(OC)c2)c2ccc(OC)c(OC)c2)ccc1CCc1cc(OC)c(OC)c(OC)c1.COc1cc(C[C@H](CCc2ccc(OC)c(OC)c2)[C@H](Cc2ccc(CCc3cc(OC)c(OC)c(OC)c3)c(OC)c2)c2ccc(OC)c(OC)c2)ccc1CCc1cc(OC)c(OC)c(OC)c1. The van der Waals surface area contributed by atoms with E-state index in [1.54, 1.807) is 171 Å². The second-order valence-corrected chi connectivity index (χ2v) is 34.0. The van der Waals surface area contributed by atoms with Crippen LogP contribution in [-0.4, -0.2) is 171 Å². The molecule has 12 aromatic carbocycles. The van der Waals surface area contributed by atoms with Crippen molar-refractivity contribution in [2.24, 2.45) is 11.8 Å². The Kier molecular flexibility index (Phi) is 40.3. The Balaban J connectivity index is 0.000000268. The summed E-state index contributed by atoms with van der Waals surface area (Å²) in [7, 11) is 39.8. The summed E-state index contributed by atoms with van der Waals surface area (Å²) in [5.74, 6) is 16.6. The van der Waals surface area contributed by atoms with Gasteiger partial charge in [0.1, 0.15) is 23.0 Å². The molecule has 0 bridgehead atoms. The minimum atomic E-state index is 0.0421. The van der Waals surface area contributed by atoms with E-state index in [1.165, 1.54) is 11.1 Å². The van der Waals surface area contributed by atoms with Crippen molar-refractivity contribution in [1.82, 2.24) is 0 Å². The summed E-state index contributed by atoms with van der Waals surface area (Å²) in [6.07, 6.45) is 12.3. The average molecular weight is 1920 g/mol. The van der Waals surface area contributed by atoms with Gasteiger partial charge < -0.3 is 114 Å². The molecule has 0 spiro atoms. The van der Waals surface area contributed by atoms with Crippen molar-refractivity contribution < 1.29 is 114 Å². The highest BCUT2D eigenvalue weighted by atomic mass is 16.6. The van der Waals surface area contributed by atoms with Crippen LogP contribution >= 0.6 is 0 Å². The Hall–Kier alpha value is -14.2. The maximum absolute atomic E-state index is 6.12. The Morgan fingerprint density at radius 1 is 0.143 bits per heavy atom. The predicted octanol–water partition coefficient (Wildman–Crippen LogP) is 22.4. The molecule has 0 saturated heterocycles. The van der Waals surface area contributed by atoms with Crippen LogP contribution in [0.4, 0.5) is 0 Å². The first kappa shape index (κ1) is 106. The minimum absolute atomic E-state index is 0.0421. The molecule has 0 amide bonds. The van der Waals surface area contributed by atoms with Crippen LogP contribution in [0.15, 0.2) is 194 Å². The van der Waals surface area contributed by atoms with Crippen molar-refractivity contribution in [2.75, 3.05) is 171 Å². The quantitative estimate of drug-likeness (QED) is 0.0346. The summed E-state index contributed by atoms with van der Waals surface area (Å²) >= 11 is 0. The predicted molar refractivity (Wildman–Crippen MR) is 548 cm³/mol. The molecule has 0 unspecified atom stereocenters. The van der Waals surface area contributed by atoms with Crippen LogP contribution < -0.4 is 114 Å². The second kappa shape index (κ2) is 53.1. The second-order valence-electron chi connectivity index (χ2n) is 34.0. The van der Waals surface area contributed by atoms with Crippen molar-refractivity contribution in [3.63, 3.8) is 0 Å². The topological polar surface area (TPSA) is 222 Å². The van der Waals surface area contributed by atoms with Crippen molar-refractivity contribution in [3.8, 4) is 138 Å². The smallest absolute Gasteiger partial charge is 0.203 e. The van der Waals surface area contributed by atoms with E-state index in [0.29, 0.717) is 115 Å². The van der Waals surface area contributed by atoms with E-state index in [-0.39, 0.29) is 23.7 Å². The molecule has 4 atom stereocenters. The Bertz CT molecular complexity index is 5540. The van der Waals surface area contributed by atoms with E-state index in [1.807, 2.05) is 72.8 Å². The van der Waals surface area contributed by atoms with E-state index in [0.717, 1.165) is 204 Å². The van der Waals surface area contributed by atoms with Gasteiger partial charge in [0, 0.05) is 0 Å². The third-order valence-electron chi connectivity index (χ3n) is 26.3. The number of hydrogen-bond donors (Lipinski definition) is 0. The Morgan fingerprint density at radius 3 is 0.543 bits per heavy atom. The molecule has 0 fully saturated rings. The fourth-order valence-corrected chi connectivity index (χ4v) is 18.8. The zero-order valence-corrected chi connectivity index (χ0v) is 85.9. The molecular weight excluding hydrogens is 1780 g/mol. The first-order valence-corrected chi connectivity index (χ1v) is 46.9. The molecule has 140 heavy (non-hydrogen) atoms. The van der Waals surface area contributed by atoms with Gasteiger partial charge in [-0.2, -0.15) is 0 Å². The highest BCUT2D eigenvalue weighted by Crippen LogP contribution is 2.48. The van der Waals surface area contributed by atoms with Gasteiger partial charge in [0.15, 0.2) is 92.0 Å². The molecule has 0 aromatic heterocycles. The summed E-state index contributed by atoms with van der Waals surface area (Å²) in [5, 5.41) is 0. The van der Waals surface area contributed by atoms with Gasteiger partial charge in [-0.3, -0.25) is 0 Å². The lowest BCUT2D eigenvalue weighted by Gasteiger charge is -2.30. The normalized spacial score (nSPS) is 11.8. The molecule has 12 aromatic rings. The fourth-order valence-electron chi connectivity index (χ4n) is 18.8. The Labute approximate surface area is 827 Å². The third kappa shape index (κ3) is 26.8. The first-order chi connectivity index (χ1) is 68.2. The monoisotopic (exact) mass is 1920 g/mol. The summed E-state index contributed by atoms with van der Waals surface area (Å²) in [6, 6.07) is 67.5.